The lowest BCUT2D eigenvalue weighted by Gasteiger charge is -2.27. The zero-order chi connectivity index (χ0) is 12.1. The summed E-state index contributed by atoms with van der Waals surface area (Å²) >= 11 is 0. The van der Waals surface area contributed by atoms with Crippen LogP contribution in [0.5, 0.6) is 0 Å². The molecule has 0 radical (unpaired) electrons. The van der Waals surface area contributed by atoms with Gasteiger partial charge in [0.2, 0.25) is 0 Å². The zero-order valence-electron chi connectivity index (χ0n) is 8.89. The Balaban J connectivity index is 2.17. The lowest BCUT2D eigenvalue weighted by molar-refractivity contribution is -0.252. The summed E-state index contributed by atoms with van der Waals surface area (Å²) in [6.07, 6.45) is -6.22. The van der Waals surface area contributed by atoms with Gasteiger partial charge in [0.05, 0.1) is 6.61 Å². The number of ether oxygens (including phenoxy) is 3. The third-order valence-electron chi connectivity index (χ3n) is 2.63. The first-order valence-electron chi connectivity index (χ1n) is 4.96. The Kier molecular flexibility index (Phi) is 2.71. The lowest BCUT2D eigenvalue weighted by atomic mass is 10.1. The van der Waals surface area contributed by atoms with Crippen molar-refractivity contribution in [2.24, 2.45) is 0 Å². The van der Waals surface area contributed by atoms with Crippen LogP contribution < -0.4 is 0 Å². The van der Waals surface area contributed by atoms with E-state index in [1.54, 1.807) is 0 Å². The molecule has 2 saturated heterocycles. The number of aliphatic hydroxyl groups is 2. The van der Waals surface area contributed by atoms with Gasteiger partial charge in [0, 0.05) is 0 Å². The van der Waals surface area contributed by atoms with Crippen LogP contribution in [0.2, 0.25) is 0 Å². The van der Waals surface area contributed by atoms with Gasteiger partial charge < -0.3 is 24.4 Å². The van der Waals surface area contributed by atoms with E-state index in [2.05, 4.69) is 0 Å². The predicted octanol–water partition coefficient (Wildman–Crippen LogP) is -0.149. The van der Waals surface area contributed by atoms with Crippen molar-refractivity contribution in [2.75, 3.05) is 6.61 Å². The standard InChI is InChI=1S/C9H14F2O5/c1-8(2)15-6-7(16-8)14-5(4(13)3-12)9(6,10)11/h4-7,12-13H,3H2,1-2H3/t4?,5-,6?,7-/m1/s1. The Morgan fingerprint density at radius 1 is 1.31 bits per heavy atom. The second kappa shape index (κ2) is 3.58. The number of halogens is 2. The van der Waals surface area contributed by atoms with Crippen LogP contribution in [0, 0.1) is 0 Å². The molecule has 0 bridgehead atoms. The number of aliphatic hydroxyl groups excluding tert-OH is 2. The third kappa shape index (κ3) is 1.72. The molecule has 2 fully saturated rings. The van der Waals surface area contributed by atoms with Crippen LogP contribution in [-0.4, -0.2) is 53.1 Å². The van der Waals surface area contributed by atoms with Crippen LogP contribution in [0.1, 0.15) is 13.8 Å². The molecule has 2 aliphatic heterocycles. The van der Waals surface area contributed by atoms with Gasteiger partial charge in [-0.05, 0) is 13.8 Å². The van der Waals surface area contributed by atoms with Crippen molar-refractivity contribution in [3.05, 3.63) is 0 Å². The van der Waals surface area contributed by atoms with Crippen molar-refractivity contribution >= 4 is 0 Å². The molecule has 2 unspecified atom stereocenters. The van der Waals surface area contributed by atoms with Gasteiger partial charge in [0.1, 0.15) is 6.10 Å². The summed E-state index contributed by atoms with van der Waals surface area (Å²) in [5.41, 5.74) is 0. The maximum absolute atomic E-state index is 13.7. The lowest BCUT2D eigenvalue weighted by Crippen LogP contribution is -2.47. The summed E-state index contributed by atoms with van der Waals surface area (Å²) in [5, 5.41) is 17.9. The summed E-state index contributed by atoms with van der Waals surface area (Å²) in [6, 6.07) is 0. The van der Waals surface area contributed by atoms with Crippen molar-refractivity contribution < 1.29 is 33.2 Å². The van der Waals surface area contributed by atoms with Crippen LogP contribution in [-0.2, 0) is 14.2 Å². The van der Waals surface area contributed by atoms with E-state index in [0.29, 0.717) is 0 Å². The number of hydrogen-bond acceptors (Lipinski definition) is 5. The minimum atomic E-state index is -3.39. The van der Waals surface area contributed by atoms with E-state index in [-0.39, 0.29) is 0 Å². The highest BCUT2D eigenvalue weighted by Gasteiger charge is 2.67. The second-order valence-corrected chi connectivity index (χ2v) is 4.41. The molecule has 5 nitrogen and oxygen atoms in total. The van der Waals surface area contributed by atoms with Gasteiger partial charge >= 0.3 is 5.92 Å². The van der Waals surface area contributed by atoms with Crippen LogP contribution >= 0.6 is 0 Å². The highest BCUT2D eigenvalue weighted by atomic mass is 19.3. The highest BCUT2D eigenvalue weighted by molar-refractivity contribution is 5.01. The van der Waals surface area contributed by atoms with Crippen molar-refractivity contribution in [2.45, 2.75) is 50.2 Å². The van der Waals surface area contributed by atoms with Gasteiger partial charge in [0.25, 0.3) is 0 Å². The molecule has 0 aromatic carbocycles. The number of rotatable bonds is 2. The predicted molar refractivity (Wildman–Crippen MR) is 46.7 cm³/mol. The Labute approximate surface area is 90.9 Å². The molecular weight excluding hydrogens is 226 g/mol. The maximum Gasteiger partial charge on any atom is 0.307 e. The van der Waals surface area contributed by atoms with Crippen LogP contribution in [0.15, 0.2) is 0 Å². The van der Waals surface area contributed by atoms with E-state index in [1.807, 2.05) is 0 Å². The average molecular weight is 240 g/mol. The molecule has 16 heavy (non-hydrogen) atoms. The van der Waals surface area contributed by atoms with Gasteiger partial charge in [0.15, 0.2) is 24.3 Å². The van der Waals surface area contributed by atoms with Crippen LogP contribution in [0.25, 0.3) is 0 Å². The Hall–Kier alpha value is -0.340. The van der Waals surface area contributed by atoms with Crippen molar-refractivity contribution in [1.82, 2.24) is 0 Å². The molecule has 2 heterocycles. The van der Waals surface area contributed by atoms with Crippen molar-refractivity contribution in [1.29, 1.82) is 0 Å². The SMILES string of the molecule is CC1(C)OC2[C@H](O[C@H](C(O)CO)C2(F)F)O1. The van der Waals surface area contributed by atoms with E-state index in [9.17, 15) is 13.9 Å². The molecule has 94 valence electrons. The van der Waals surface area contributed by atoms with E-state index in [0.717, 1.165) is 0 Å². The molecule has 0 aliphatic carbocycles. The third-order valence-corrected chi connectivity index (χ3v) is 2.63. The Morgan fingerprint density at radius 2 is 1.94 bits per heavy atom. The smallest absolute Gasteiger partial charge is 0.307 e. The molecule has 0 spiro atoms. The van der Waals surface area contributed by atoms with Gasteiger partial charge in [-0.2, -0.15) is 0 Å². The second-order valence-electron chi connectivity index (χ2n) is 4.41. The summed E-state index contributed by atoms with van der Waals surface area (Å²) in [5.74, 6) is -4.52. The average Bonchev–Trinajstić information content (AvgIpc) is 2.59. The quantitative estimate of drug-likeness (QED) is 0.702. The molecule has 0 saturated carbocycles. The number of hydrogen-bond donors (Lipinski definition) is 2. The molecule has 0 aromatic heterocycles. The van der Waals surface area contributed by atoms with Gasteiger partial charge in [-0.3, -0.25) is 0 Å². The van der Waals surface area contributed by atoms with Crippen molar-refractivity contribution in [3.63, 3.8) is 0 Å². The van der Waals surface area contributed by atoms with Gasteiger partial charge in [-0.1, -0.05) is 0 Å². The van der Waals surface area contributed by atoms with Crippen LogP contribution in [0.3, 0.4) is 0 Å². The largest absolute Gasteiger partial charge is 0.394 e. The fraction of sp³-hybridized carbons (Fsp3) is 1.00. The molecule has 0 aromatic rings. The van der Waals surface area contributed by atoms with Crippen LogP contribution in [0.4, 0.5) is 8.78 Å². The van der Waals surface area contributed by atoms with E-state index in [4.69, 9.17) is 19.3 Å². The molecule has 4 atom stereocenters. The number of fused-ring (bicyclic) bond motifs is 1. The normalized spacial score (nSPS) is 42.0. The Bertz CT molecular complexity index is 283. The highest BCUT2D eigenvalue weighted by Crippen LogP contribution is 2.46. The first kappa shape index (κ1) is 12.1. The molecule has 7 heteroatoms. The molecule has 2 aliphatic rings. The number of alkyl halides is 2. The topological polar surface area (TPSA) is 68.2 Å². The molecular formula is C9H14F2O5. The minimum absolute atomic E-state index is 0.802. The maximum atomic E-state index is 13.7. The van der Waals surface area contributed by atoms with Gasteiger partial charge in [-0.25, -0.2) is 8.78 Å². The van der Waals surface area contributed by atoms with Crippen molar-refractivity contribution in [3.8, 4) is 0 Å². The van der Waals surface area contributed by atoms with E-state index >= 15 is 0 Å². The first-order valence-corrected chi connectivity index (χ1v) is 4.96. The molecule has 2 N–H and O–H groups in total. The zero-order valence-corrected chi connectivity index (χ0v) is 8.89. The summed E-state index contributed by atoms with van der Waals surface area (Å²) in [6.45, 7) is 2.20. The first-order chi connectivity index (χ1) is 7.28. The van der Waals surface area contributed by atoms with Gasteiger partial charge in [-0.15, -0.1) is 0 Å². The Morgan fingerprint density at radius 3 is 2.44 bits per heavy atom. The molecule has 2 rings (SSSR count). The fourth-order valence-corrected chi connectivity index (χ4v) is 1.93. The monoisotopic (exact) mass is 240 g/mol. The summed E-state index contributed by atoms with van der Waals surface area (Å²) in [7, 11) is 0. The summed E-state index contributed by atoms with van der Waals surface area (Å²) < 4.78 is 42.5. The minimum Gasteiger partial charge on any atom is -0.394 e. The molecule has 0 amide bonds. The van der Waals surface area contributed by atoms with E-state index in [1.165, 1.54) is 13.8 Å². The fourth-order valence-electron chi connectivity index (χ4n) is 1.93. The summed E-state index contributed by atoms with van der Waals surface area (Å²) in [4.78, 5) is 0. The van der Waals surface area contributed by atoms with E-state index < -0.39 is 42.9 Å².